The number of quaternary nitrogens is 1. The van der Waals surface area contributed by atoms with Gasteiger partial charge in [0.05, 0.1) is 0 Å². The van der Waals surface area contributed by atoms with E-state index in [1.807, 2.05) is 0 Å². The van der Waals surface area contributed by atoms with E-state index in [0.29, 0.717) is 12.1 Å². The topological polar surface area (TPSA) is 24.1 Å². The maximum atomic E-state index is 6.54. The first-order valence-electron chi connectivity index (χ1n) is 8.67. The van der Waals surface area contributed by atoms with Crippen molar-refractivity contribution < 1.29 is 4.48 Å². The summed E-state index contributed by atoms with van der Waals surface area (Å²) in [5, 5.41) is 0. The first-order chi connectivity index (χ1) is 9.72. The van der Waals surface area contributed by atoms with Crippen molar-refractivity contribution in [1.82, 2.24) is 10.9 Å². The third-order valence-electron chi connectivity index (χ3n) is 6.05. The van der Waals surface area contributed by atoms with Crippen LogP contribution in [0, 0.1) is 5.92 Å². The molecule has 4 heteroatoms. The van der Waals surface area contributed by atoms with Gasteiger partial charge in [0, 0.05) is 0 Å². The van der Waals surface area contributed by atoms with Crippen molar-refractivity contribution in [1.29, 1.82) is 0 Å². The number of hydrogen-bond acceptors (Lipinski definition) is 2. The van der Waals surface area contributed by atoms with Gasteiger partial charge in [-0.1, -0.05) is 0 Å². The van der Waals surface area contributed by atoms with Crippen LogP contribution in [0.2, 0.25) is 0 Å². The summed E-state index contributed by atoms with van der Waals surface area (Å²) in [5.41, 5.74) is 8.10. The van der Waals surface area contributed by atoms with E-state index in [0.717, 1.165) is 17.2 Å². The summed E-state index contributed by atoms with van der Waals surface area (Å²) in [7, 11) is 8.95. The van der Waals surface area contributed by atoms with Crippen LogP contribution < -0.4 is 10.9 Å². The monoisotopic (exact) mass is 275 g/mol. The molecule has 0 amide bonds. The van der Waals surface area contributed by atoms with Gasteiger partial charge in [0.25, 0.3) is 0 Å². The molecule has 1 saturated heterocycles. The second kappa shape index (κ2) is 6.29. The summed E-state index contributed by atoms with van der Waals surface area (Å²) >= 11 is 0. The van der Waals surface area contributed by atoms with E-state index in [4.69, 9.17) is 7.49 Å². The van der Waals surface area contributed by atoms with Crippen molar-refractivity contribution in [2.75, 3.05) is 13.7 Å². The molecule has 1 heterocycles. The Morgan fingerprint density at radius 1 is 0.950 bits per heavy atom. The van der Waals surface area contributed by atoms with Gasteiger partial charge >= 0.3 is 124 Å². The van der Waals surface area contributed by atoms with Crippen LogP contribution >= 0.6 is 0 Å². The molecule has 0 aromatic heterocycles. The number of nitrogens with zero attached hydrogens (tertiary/aromatic N) is 1. The van der Waals surface area contributed by atoms with Crippen LogP contribution in [0.15, 0.2) is 0 Å². The van der Waals surface area contributed by atoms with Crippen LogP contribution in [0.5, 0.6) is 0 Å². The fourth-order valence-corrected chi connectivity index (χ4v) is 4.30. The van der Waals surface area contributed by atoms with Crippen molar-refractivity contribution in [2.24, 2.45) is 5.92 Å². The quantitative estimate of drug-likeness (QED) is 0.608. The Hall–Kier alpha value is -0.185. The van der Waals surface area contributed by atoms with Gasteiger partial charge in [-0.3, -0.25) is 0 Å². The zero-order chi connectivity index (χ0) is 14.0. The number of rotatable bonds is 3. The Bertz CT molecular complexity index is 348. The predicted molar refractivity (Wildman–Crippen MR) is 85.3 cm³/mol. The van der Waals surface area contributed by atoms with Crippen LogP contribution in [-0.2, 0) is 0 Å². The van der Waals surface area contributed by atoms with Crippen molar-refractivity contribution in [2.45, 2.75) is 76.4 Å². The normalized spacial score (nSPS) is 37.1. The van der Waals surface area contributed by atoms with Crippen molar-refractivity contribution >= 4 is 13.0 Å². The van der Waals surface area contributed by atoms with Gasteiger partial charge in [-0.15, -0.1) is 0 Å². The molecule has 0 spiro atoms. The number of hydrazine groups is 1. The molecule has 0 aromatic rings. The molecule has 3 nitrogen and oxygen atoms in total. The summed E-state index contributed by atoms with van der Waals surface area (Å²) in [6.07, 6.45) is 14.1. The van der Waals surface area contributed by atoms with Gasteiger partial charge in [0.1, 0.15) is 0 Å². The van der Waals surface area contributed by atoms with Gasteiger partial charge in [-0.2, -0.15) is 0 Å². The average molecular weight is 275 g/mol. The second-order valence-corrected chi connectivity index (χ2v) is 7.36. The minimum absolute atomic E-state index is 0.324. The maximum absolute atomic E-state index is 6.54. The molecule has 2 unspecified atom stereocenters. The summed E-state index contributed by atoms with van der Waals surface area (Å²) in [6.45, 7) is 1.02. The van der Waals surface area contributed by atoms with E-state index in [1.165, 1.54) is 69.7 Å². The number of hydrogen-bond donors (Lipinski definition) is 2. The Morgan fingerprint density at radius 3 is 2.20 bits per heavy atom. The molecular weight excluding hydrogens is 245 g/mol. The molecule has 20 heavy (non-hydrogen) atoms. The molecule has 3 aliphatic rings. The molecule has 3 fully saturated rings. The van der Waals surface area contributed by atoms with Gasteiger partial charge < -0.3 is 0 Å². The number of nitrogens with one attached hydrogen (secondary N) is 2. The van der Waals surface area contributed by atoms with Crippen LogP contribution in [0.4, 0.5) is 0 Å². The summed E-state index contributed by atoms with van der Waals surface area (Å²) in [6, 6.07) is 0.765. The van der Waals surface area contributed by atoms with Gasteiger partial charge in [-0.25, -0.2) is 0 Å². The van der Waals surface area contributed by atoms with Crippen molar-refractivity contribution in [3.63, 3.8) is 0 Å². The fourth-order valence-electron chi connectivity index (χ4n) is 4.30. The van der Waals surface area contributed by atoms with Gasteiger partial charge in [0.15, 0.2) is 0 Å². The minimum atomic E-state index is 0.324. The van der Waals surface area contributed by atoms with E-state index in [2.05, 4.69) is 17.9 Å². The van der Waals surface area contributed by atoms with Crippen LogP contribution in [-0.4, -0.2) is 43.4 Å². The van der Waals surface area contributed by atoms with Crippen molar-refractivity contribution in [3.05, 3.63) is 0 Å². The molecule has 2 saturated carbocycles. The zero-order valence-electron chi connectivity index (χ0n) is 13.0. The molecule has 0 bridgehead atoms. The standard InChI is InChI=1S/C16H30BN3/c1-20(14-10-5-3-2-4-6-11-14)12-18-19-16(20)15(17)13-8-7-9-13/h13-14,16,18-19H,2-12H2,1H3/q+1. The SMILES string of the molecule is [B]=C(C1CCC1)C1NNC[N+]1(C)C1CCCCCCC1. The van der Waals surface area contributed by atoms with E-state index in [-0.39, 0.29) is 0 Å². The molecule has 111 valence electrons. The Kier molecular flexibility index (Phi) is 4.63. The summed E-state index contributed by atoms with van der Waals surface area (Å²) in [4.78, 5) is 0. The predicted octanol–water partition coefficient (Wildman–Crippen LogP) is 2.08. The van der Waals surface area contributed by atoms with E-state index < -0.39 is 0 Å². The Labute approximate surface area is 125 Å². The second-order valence-electron chi connectivity index (χ2n) is 7.36. The molecule has 2 atom stereocenters. The van der Waals surface area contributed by atoms with Crippen molar-refractivity contribution in [3.8, 4) is 0 Å². The Balaban J connectivity index is 1.71. The molecule has 1 aliphatic heterocycles. The summed E-state index contributed by atoms with van der Waals surface area (Å²) < 4.78 is 1.07. The van der Waals surface area contributed by atoms with Gasteiger partial charge in [0.2, 0.25) is 0 Å². The molecule has 0 aromatic carbocycles. The first-order valence-corrected chi connectivity index (χ1v) is 8.67. The van der Waals surface area contributed by atoms with E-state index in [1.54, 1.807) is 0 Å². The van der Waals surface area contributed by atoms with E-state index >= 15 is 0 Å². The average Bonchev–Trinajstić information content (AvgIpc) is 2.69. The van der Waals surface area contributed by atoms with Crippen LogP contribution in [0.3, 0.4) is 0 Å². The summed E-state index contributed by atoms with van der Waals surface area (Å²) in [5.74, 6) is 0.665. The fraction of sp³-hybridized carbons (Fsp3) is 0.938. The molecule has 2 aliphatic carbocycles. The van der Waals surface area contributed by atoms with Crippen LogP contribution in [0.1, 0.15) is 64.2 Å². The molecule has 1 radical (unpaired) electrons. The third-order valence-corrected chi connectivity index (χ3v) is 6.05. The molecule has 3 rings (SSSR count). The van der Waals surface area contributed by atoms with Crippen LogP contribution in [0.25, 0.3) is 0 Å². The molecule has 2 N–H and O–H groups in total. The first kappa shape index (κ1) is 14.7. The van der Waals surface area contributed by atoms with E-state index in [9.17, 15) is 0 Å². The molecular formula is C16H30BN3+. The third kappa shape index (κ3) is 2.75. The Morgan fingerprint density at radius 2 is 1.60 bits per heavy atom. The van der Waals surface area contributed by atoms with Gasteiger partial charge in [-0.05, 0) is 0 Å². The zero-order valence-corrected chi connectivity index (χ0v) is 13.0.